The highest BCUT2D eigenvalue weighted by molar-refractivity contribution is 6.42. The number of benzene rings is 2. The van der Waals surface area contributed by atoms with Crippen LogP contribution in [0.5, 0.6) is 0 Å². The lowest BCUT2D eigenvalue weighted by Gasteiger charge is -2.06. The second kappa shape index (κ2) is 5.31. The molecule has 18 heavy (non-hydrogen) atoms. The molecule has 0 atom stereocenters. The molecule has 0 N–H and O–H groups in total. The summed E-state index contributed by atoms with van der Waals surface area (Å²) in [5.74, 6) is -0.0947. The Hall–Kier alpha value is -1.02. The second-order valence-electron chi connectivity index (χ2n) is 3.92. The number of carbonyl (C=O) groups excluding carboxylic acids is 1. The van der Waals surface area contributed by atoms with Crippen LogP contribution in [0, 0.1) is 6.92 Å². The summed E-state index contributed by atoms with van der Waals surface area (Å²) in [5, 5.41) is 1.41. The van der Waals surface area contributed by atoms with Crippen LogP contribution in [-0.2, 0) is 0 Å². The van der Waals surface area contributed by atoms with Crippen molar-refractivity contribution < 1.29 is 4.79 Å². The molecule has 0 heterocycles. The van der Waals surface area contributed by atoms with Crippen molar-refractivity contribution in [2.45, 2.75) is 6.92 Å². The predicted octanol–water partition coefficient (Wildman–Crippen LogP) is 5.19. The monoisotopic (exact) mass is 298 g/mol. The maximum absolute atomic E-state index is 12.3. The standard InChI is InChI=1S/C14H9Cl3O/c1-8-6-10(15)3-4-11(8)14(18)9-2-5-12(16)13(17)7-9/h2-7H,1H3. The van der Waals surface area contributed by atoms with Crippen LogP contribution in [0.1, 0.15) is 21.5 Å². The molecule has 0 aliphatic rings. The lowest BCUT2D eigenvalue weighted by molar-refractivity contribution is 0.103. The molecule has 2 aromatic carbocycles. The van der Waals surface area contributed by atoms with Gasteiger partial charge in [-0.25, -0.2) is 0 Å². The lowest BCUT2D eigenvalue weighted by Crippen LogP contribution is -2.03. The Morgan fingerprint density at radius 1 is 0.944 bits per heavy atom. The fourth-order valence-electron chi connectivity index (χ4n) is 1.67. The molecule has 4 heteroatoms. The van der Waals surface area contributed by atoms with Crippen molar-refractivity contribution >= 4 is 40.6 Å². The van der Waals surface area contributed by atoms with E-state index in [0.29, 0.717) is 26.2 Å². The fraction of sp³-hybridized carbons (Fsp3) is 0.0714. The maximum Gasteiger partial charge on any atom is 0.193 e. The summed E-state index contributed by atoms with van der Waals surface area (Å²) < 4.78 is 0. The van der Waals surface area contributed by atoms with Crippen LogP contribution in [-0.4, -0.2) is 5.78 Å². The number of rotatable bonds is 2. The summed E-state index contributed by atoms with van der Waals surface area (Å²) in [6.45, 7) is 1.84. The van der Waals surface area contributed by atoms with Crippen LogP contribution in [0.15, 0.2) is 36.4 Å². The predicted molar refractivity (Wildman–Crippen MR) is 76.1 cm³/mol. The Balaban J connectivity index is 2.44. The third-order valence-corrected chi connectivity index (χ3v) is 3.59. The Morgan fingerprint density at radius 3 is 2.28 bits per heavy atom. The van der Waals surface area contributed by atoms with Gasteiger partial charge < -0.3 is 0 Å². The Labute approximate surface area is 120 Å². The number of hydrogen-bond donors (Lipinski definition) is 0. The minimum Gasteiger partial charge on any atom is -0.289 e. The molecule has 0 unspecified atom stereocenters. The van der Waals surface area contributed by atoms with E-state index in [2.05, 4.69) is 0 Å². The van der Waals surface area contributed by atoms with Crippen molar-refractivity contribution in [2.24, 2.45) is 0 Å². The van der Waals surface area contributed by atoms with E-state index in [1.807, 2.05) is 6.92 Å². The highest BCUT2D eigenvalue weighted by atomic mass is 35.5. The minimum absolute atomic E-state index is 0.0947. The molecule has 92 valence electrons. The minimum atomic E-state index is -0.0947. The van der Waals surface area contributed by atoms with Gasteiger partial charge in [-0.1, -0.05) is 34.8 Å². The van der Waals surface area contributed by atoms with Crippen LogP contribution < -0.4 is 0 Å². The third-order valence-electron chi connectivity index (χ3n) is 2.61. The average molecular weight is 300 g/mol. The normalized spacial score (nSPS) is 10.4. The molecule has 0 aromatic heterocycles. The topological polar surface area (TPSA) is 17.1 Å². The van der Waals surface area contributed by atoms with Crippen LogP contribution in [0.2, 0.25) is 15.1 Å². The van der Waals surface area contributed by atoms with Gasteiger partial charge >= 0.3 is 0 Å². The lowest BCUT2D eigenvalue weighted by atomic mass is 9.99. The smallest absolute Gasteiger partial charge is 0.193 e. The van der Waals surface area contributed by atoms with Gasteiger partial charge in [-0.2, -0.15) is 0 Å². The zero-order valence-electron chi connectivity index (χ0n) is 9.51. The fourth-order valence-corrected chi connectivity index (χ4v) is 2.20. The zero-order chi connectivity index (χ0) is 13.3. The number of carbonyl (C=O) groups is 1. The molecule has 0 saturated heterocycles. The van der Waals surface area contributed by atoms with Gasteiger partial charge in [-0.15, -0.1) is 0 Å². The number of ketones is 1. The van der Waals surface area contributed by atoms with Crippen molar-refractivity contribution in [3.8, 4) is 0 Å². The second-order valence-corrected chi connectivity index (χ2v) is 5.17. The summed E-state index contributed by atoms with van der Waals surface area (Å²) in [5.41, 5.74) is 1.95. The first-order valence-corrected chi connectivity index (χ1v) is 6.38. The largest absolute Gasteiger partial charge is 0.289 e. The van der Waals surface area contributed by atoms with Crippen LogP contribution >= 0.6 is 34.8 Å². The molecule has 1 nitrogen and oxygen atoms in total. The molecule has 0 fully saturated rings. The van der Waals surface area contributed by atoms with Crippen LogP contribution in [0.25, 0.3) is 0 Å². The summed E-state index contributed by atoms with van der Waals surface area (Å²) in [4.78, 5) is 12.3. The van der Waals surface area contributed by atoms with E-state index < -0.39 is 0 Å². The van der Waals surface area contributed by atoms with Gasteiger partial charge in [0, 0.05) is 16.1 Å². The molecule has 2 rings (SSSR count). The van der Waals surface area contributed by atoms with Gasteiger partial charge in [0.1, 0.15) is 0 Å². The van der Waals surface area contributed by atoms with Crippen molar-refractivity contribution in [3.05, 3.63) is 68.2 Å². The highest BCUT2D eigenvalue weighted by Gasteiger charge is 2.13. The molecule has 0 spiro atoms. The first kappa shape index (κ1) is 13.4. The van der Waals surface area contributed by atoms with E-state index in [9.17, 15) is 4.79 Å². The molecule has 0 saturated carbocycles. The maximum atomic E-state index is 12.3. The highest BCUT2D eigenvalue weighted by Crippen LogP contribution is 2.25. The van der Waals surface area contributed by atoms with E-state index in [1.54, 1.807) is 36.4 Å². The van der Waals surface area contributed by atoms with Crippen LogP contribution in [0.4, 0.5) is 0 Å². The average Bonchev–Trinajstić information content (AvgIpc) is 2.32. The van der Waals surface area contributed by atoms with E-state index in [-0.39, 0.29) is 5.78 Å². The molecule has 0 amide bonds. The van der Waals surface area contributed by atoms with Crippen molar-refractivity contribution in [1.29, 1.82) is 0 Å². The molecule has 0 aliphatic heterocycles. The first-order chi connectivity index (χ1) is 8.49. The van der Waals surface area contributed by atoms with Gasteiger partial charge in [-0.3, -0.25) is 4.79 Å². The molecule has 0 aliphatic carbocycles. The summed E-state index contributed by atoms with van der Waals surface area (Å²) in [7, 11) is 0. The molecule has 0 radical (unpaired) electrons. The summed E-state index contributed by atoms with van der Waals surface area (Å²) >= 11 is 17.6. The Kier molecular flexibility index (Phi) is 3.96. The zero-order valence-corrected chi connectivity index (χ0v) is 11.8. The van der Waals surface area contributed by atoms with E-state index in [1.165, 1.54) is 0 Å². The molecular formula is C14H9Cl3O. The third kappa shape index (κ3) is 2.69. The summed E-state index contributed by atoms with van der Waals surface area (Å²) in [6, 6.07) is 10.0. The quantitative estimate of drug-likeness (QED) is 0.698. The Bertz CT molecular complexity index is 620. The number of aryl methyl sites for hydroxylation is 1. The van der Waals surface area contributed by atoms with Gasteiger partial charge in [0.2, 0.25) is 0 Å². The summed E-state index contributed by atoms with van der Waals surface area (Å²) in [6.07, 6.45) is 0. The molecule has 2 aromatic rings. The van der Waals surface area contributed by atoms with E-state index >= 15 is 0 Å². The Morgan fingerprint density at radius 2 is 1.67 bits per heavy atom. The van der Waals surface area contributed by atoms with Crippen molar-refractivity contribution in [3.63, 3.8) is 0 Å². The van der Waals surface area contributed by atoms with Crippen molar-refractivity contribution in [1.82, 2.24) is 0 Å². The molecular weight excluding hydrogens is 291 g/mol. The number of hydrogen-bond acceptors (Lipinski definition) is 1. The van der Waals surface area contributed by atoms with Gasteiger partial charge in [0.05, 0.1) is 10.0 Å². The van der Waals surface area contributed by atoms with Crippen molar-refractivity contribution in [2.75, 3.05) is 0 Å². The number of halogens is 3. The van der Waals surface area contributed by atoms with Gasteiger partial charge in [0.25, 0.3) is 0 Å². The SMILES string of the molecule is Cc1cc(Cl)ccc1C(=O)c1ccc(Cl)c(Cl)c1. The molecule has 0 bridgehead atoms. The van der Waals surface area contributed by atoms with Gasteiger partial charge in [-0.05, 0) is 48.9 Å². The van der Waals surface area contributed by atoms with Gasteiger partial charge in [0.15, 0.2) is 5.78 Å². The van der Waals surface area contributed by atoms with E-state index in [4.69, 9.17) is 34.8 Å². The first-order valence-electron chi connectivity index (χ1n) is 5.25. The van der Waals surface area contributed by atoms with Crippen LogP contribution in [0.3, 0.4) is 0 Å². The van der Waals surface area contributed by atoms with E-state index in [0.717, 1.165) is 5.56 Å².